The smallest absolute Gasteiger partial charge is 0.137 e. The fourth-order valence-electron chi connectivity index (χ4n) is 1.44. The lowest BCUT2D eigenvalue weighted by molar-refractivity contribution is 0.412. The lowest BCUT2D eigenvalue weighted by atomic mass is 10.2. The van der Waals surface area contributed by atoms with E-state index in [-0.39, 0.29) is 5.92 Å². The van der Waals surface area contributed by atoms with Gasteiger partial charge in [0.1, 0.15) is 28.8 Å². The number of hydrogen-bond acceptors (Lipinski definition) is 5. The maximum atomic E-state index is 6.10. The first-order valence-electron chi connectivity index (χ1n) is 5.75. The molecular weight excluding hydrogens is 252 g/mol. The van der Waals surface area contributed by atoms with Crippen LogP contribution in [0.3, 0.4) is 0 Å². The minimum absolute atomic E-state index is 0.232. The third kappa shape index (κ3) is 2.79. The zero-order valence-electron chi connectivity index (χ0n) is 10.6. The fraction of sp³-hybridized carbons (Fsp3) is 0.417. The maximum Gasteiger partial charge on any atom is 0.137 e. The largest absolute Gasteiger partial charge is 0.364 e. The predicted molar refractivity (Wildman–Crippen MR) is 69.7 cm³/mol. The average molecular weight is 267 g/mol. The van der Waals surface area contributed by atoms with Gasteiger partial charge in [0.2, 0.25) is 0 Å². The second kappa shape index (κ2) is 5.35. The fourth-order valence-corrected chi connectivity index (χ4v) is 1.61. The van der Waals surface area contributed by atoms with Gasteiger partial charge in [0.05, 0.1) is 6.54 Å². The van der Waals surface area contributed by atoms with Crippen molar-refractivity contribution >= 4 is 17.4 Å². The van der Waals surface area contributed by atoms with Crippen LogP contribution in [-0.4, -0.2) is 15.1 Å². The number of rotatable bonds is 4. The Balaban J connectivity index is 2.20. The van der Waals surface area contributed by atoms with Crippen molar-refractivity contribution in [3.8, 4) is 0 Å². The first-order valence-corrected chi connectivity index (χ1v) is 6.13. The Morgan fingerprint density at radius 2 is 2.17 bits per heavy atom. The van der Waals surface area contributed by atoms with Gasteiger partial charge in [-0.25, -0.2) is 9.97 Å². The molecule has 2 aromatic heterocycles. The summed E-state index contributed by atoms with van der Waals surface area (Å²) in [5.41, 5.74) is 1.65. The summed E-state index contributed by atoms with van der Waals surface area (Å²) in [6.45, 7) is 6.49. The summed E-state index contributed by atoms with van der Waals surface area (Å²) in [6.07, 6.45) is 1.54. The number of halogens is 1. The summed E-state index contributed by atoms with van der Waals surface area (Å²) >= 11 is 6.10. The second-order valence-corrected chi connectivity index (χ2v) is 4.70. The average Bonchev–Trinajstić information content (AvgIpc) is 2.83. The molecule has 96 valence electrons. The molecule has 0 saturated carbocycles. The summed E-state index contributed by atoms with van der Waals surface area (Å²) < 4.78 is 4.77. The van der Waals surface area contributed by atoms with Crippen molar-refractivity contribution in [2.24, 2.45) is 0 Å². The molecule has 0 atom stereocenters. The molecule has 0 radical (unpaired) electrons. The van der Waals surface area contributed by atoms with E-state index < -0.39 is 0 Å². The summed E-state index contributed by atoms with van der Waals surface area (Å²) in [7, 11) is 0. The molecule has 6 heteroatoms. The molecule has 2 rings (SSSR count). The van der Waals surface area contributed by atoms with Gasteiger partial charge in [-0.15, -0.1) is 0 Å². The van der Waals surface area contributed by atoms with Crippen molar-refractivity contribution in [2.45, 2.75) is 33.2 Å². The molecule has 0 unspecified atom stereocenters. The molecule has 0 aliphatic carbocycles. The van der Waals surface area contributed by atoms with Gasteiger partial charge in [0.25, 0.3) is 0 Å². The maximum absolute atomic E-state index is 6.10. The highest BCUT2D eigenvalue weighted by atomic mass is 35.5. The lowest BCUT2D eigenvalue weighted by Gasteiger charge is -2.12. The topological polar surface area (TPSA) is 63.8 Å². The van der Waals surface area contributed by atoms with E-state index in [1.165, 1.54) is 6.26 Å². The van der Waals surface area contributed by atoms with Crippen LogP contribution in [0.5, 0.6) is 0 Å². The minimum Gasteiger partial charge on any atom is -0.364 e. The lowest BCUT2D eigenvalue weighted by Crippen LogP contribution is -2.08. The van der Waals surface area contributed by atoms with Crippen LogP contribution >= 0.6 is 11.6 Å². The third-order valence-corrected chi connectivity index (χ3v) is 2.92. The van der Waals surface area contributed by atoms with Crippen LogP contribution in [0.15, 0.2) is 16.9 Å². The molecule has 0 aliphatic heterocycles. The van der Waals surface area contributed by atoms with Gasteiger partial charge in [-0.3, -0.25) is 0 Å². The molecule has 2 heterocycles. The van der Waals surface area contributed by atoms with Crippen LogP contribution in [-0.2, 0) is 6.54 Å². The first kappa shape index (κ1) is 12.8. The summed E-state index contributed by atoms with van der Waals surface area (Å²) in [5.74, 6) is 1.70. The van der Waals surface area contributed by atoms with Gasteiger partial charge in [0.15, 0.2) is 0 Å². The molecule has 0 aromatic carbocycles. The van der Waals surface area contributed by atoms with Crippen LogP contribution in [0.4, 0.5) is 5.82 Å². The van der Waals surface area contributed by atoms with E-state index in [2.05, 4.69) is 20.4 Å². The molecule has 18 heavy (non-hydrogen) atoms. The molecule has 2 aromatic rings. The number of hydrogen-bond donors (Lipinski definition) is 1. The van der Waals surface area contributed by atoms with Crippen molar-refractivity contribution in [3.05, 3.63) is 34.6 Å². The van der Waals surface area contributed by atoms with E-state index in [1.807, 2.05) is 20.8 Å². The van der Waals surface area contributed by atoms with E-state index >= 15 is 0 Å². The zero-order chi connectivity index (χ0) is 13.1. The molecule has 0 aliphatic rings. The van der Waals surface area contributed by atoms with Gasteiger partial charge in [-0.2, -0.15) is 0 Å². The molecule has 0 bridgehead atoms. The molecule has 0 spiro atoms. The Kier molecular flexibility index (Phi) is 3.81. The summed E-state index contributed by atoms with van der Waals surface area (Å²) in [6, 6.07) is 1.80. The monoisotopic (exact) mass is 266 g/mol. The quantitative estimate of drug-likeness (QED) is 0.861. The van der Waals surface area contributed by atoms with Crippen LogP contribution < -0.4 is 5.32 Å². The molecule has 0 saturated heterocycles. The summed E-state index contributed by atoms with van der Waals surface area (Å²) in [4.78, 5) is 8.73. The SMILES string of the molecule is Cc1c(Cl)nc(C(C)C)nc1NCc1ccon1. The molecular formula is C12H15ClN4O. The Labute approximate surface area is 111 Å². The zero-order valence-corrected chi connectivity index (χ0v) is 11.3. The standard InChI is InChI=1S/C12H15ClN4O/c1-7(2)11-15-10(13)8(3)12(16-11)14-6-9-4-5-18-17-9/h4-5,7H,6H2,1-3H3,(H,14,15,16). The molecule has 0 amide bonds. The van der Waals surface area contributed by atoms with Crippen molar-refractivity contribution < 1.29 is 4.52 Å². The van der Waals surface area contributed by atoms with E-state index in [0.29, 0.717) is 11.7 Å². The Bertz CT molecular complexity index is 525. The van der Waals surface area contributed by atoms with Gasteiger partial charge in [-0.1, -0.05) is 30.6 Å². The number of anilines is 1. The first-order chi connectivity index (χ1) is 8.58. The van der Waals surface area contributed by atoms with E-state index in [1.54, 1.807) is 6.07 Å². The van der Waals surface area contributed by atoms with Crippen LogP contribution in [0, 0.1) is 6.92 Å². The highest BCUT2D eigenvalue weighted by Gasteiger charge is 2.11. The van der Waals surface area contributed by atoms with Crippen LogP contribution in [0.25, 0.3) is 0 Å². The van der Waals surface area contributed by atoms with Gasteiger partial charge in [-0.05, 0) is 6.92 Å². The Hall–Kier alpha value is -1.62. The highest BCUT2D eigenvalue weighted by Crippen LogP contribution is 2.23. The molecule has 1 N–H and O–H groups in total. The van der Waals surface area contributed by atoms with Gasteiger partial charge >= 0.3 is 0 Å². The summed E-state index contributed by atoms with van der Waals surface area (Å²) in [5, 5.41) is 7.50. The van der Waals surface area contributed by atoms with Crippen molar-refractivity contribution in [1.29, 1.82) is 0 Å². The van der Waals surface area contributed by atoms with E-state index in [9.17, 15) is 0 Å². The normalized spacial score (nSPS) is 10.9. The molecule has 0 fully saturated rings. The van der Waals surface area contributed by atoms with Gasteiger partial charge < -0.3 is 9.84 Å². The van der Waals surface area contributed by atoms with E-state index in [4.69, 9.17) is 16.1 Å². The van der Waals surface area contributed by atoms with Crippen molar-refractivity contribution in [3.63, 3.8) is 0 Å². The number of nitrogens with one attached hydrogen (secondary N) is 1. The Morgan fingerprint density at radius 3 is 2.78 bits per heavy atom. The highest BCUT2D eigenvalue weighted by molar-refractivity contribution is 6.30. The van der Waals surface area contributed by atoms with Crippen LogP contribution in [0.2, 0.25) is 5.15 Å². The third-order valence-electron chi connectivity index (χ3n) is 2.55. The Morgan fingerprint density at radius 1 is 1.39 bits per heavy atom. The second-order valence-electron chi connectivity index (χ2n) is 4.35. The van der Waals surface area contributed by atoms with Crippen molar-refractivity contribution in [1.82, 2.24) is 15.1 Å². The van der Waals surface area contributed by atoms with E-state index in [0.717, 1.165) is 22.9 Å². The van der Waals surface area contributed by atoms with Crippen molar-refractivity contribution in [2.75, 3.05) is 5.32 Å². The van der Waals surface area contributed by atoms with Gasteiger partial charge in [0, 0.05) is 17.5 Å². The molecule has 5 nitrogen and oxygen atoms in total. The minimum atomic E-state index is 0.232. The predicted octanol–water partition coefficient (Wildman–Crippen LogP) is 3.16. The van der Waals surface area contributed by atoms with Crippen LogP contribution in [0.1, 0.15) is 36.8 Å². The number of nitrogens with zero attached hydrogens (tertiary/aromatic N) is 3. The number of aromatic nitrogens is 3.